The van der Waals surface area contributed by atoms with E-state index in [4.69, 9.17) is 21.1 Å². The van der Waals surface area contributed by atoms with Crippen LogP contribution in [-0.2, 0) is 16.0 Å². The number of rotatable bonds is 2. The van der Waals surface area contributed by atoms with Crippen LogP contribution in [0, 0.1) is 0 Å². The third-order valence-corrected chi connectivity index (χ3v) is 6.28. The molecule has 2 aliphatic heterocycles. The van der Waals surface area contributed by atoms with Crippen LogP contribution in [0.4, 0.5) is 4.79 Å². The van der Waals surface area contributed by atoms with Gasteiger partial charge in [-0.3, -0.25) is 4.79 Å². The van der Waals surface area contributed by atoms with E-state index in [9.17, 15) is 9.59 Å². The molecule has 0 radical (unpaired) electrons. The molecule has 3 aromatic rings. The highest BCUT2D eigenvalue weighted by molar-refractivity contribution is 6.31. The number of hydrogen-bond acceptors (Lipinski definition) is 5. The second-order valence-corrected chi connectivity index (χ2v) is 10.1. The Morgan fingerprint density at radius 3 is 2.59 bits per heavy atom. The fourth-order valence-electron chi connectivity index (χ4n) is 4.50. The first-order chi connectivity index (χ1) is 16.2. The average molecular weight is 483 g/mol. The van der Waals surface area contributed by atoms with Crippen LogP contribution in [0.1, 0.15) is 26.3 Å². The van der Waals surface area contributed by atoms with Gasteiger partial charge in [0.05, 0.1) is 0 Å². The molecule has 0 spiro atoms. The number of aromatic amines is 1. The highest BCUT2D eigenvalue weighted by atomic mass is 35.5. The number of benzene rings is 1. The summed E-state index contributed by atoms with van der Waals surface area (Å²) in [5.41, 5.74) is 2.94. The van der Waals surface area contributed by atoms with Crippen LogP contribution >= 0.6 is 11.6 Å². The number of nitrogens with one attached hydrogen (secondary N) is 1. The number of nitrogens with zero attached hydrogens (tertiary/aromatic N) is 3. The summed E-state index contributed by atoms with van der Waals surface area (Å²) >= 11 is 6.45. The zero-order chi connectivity index (χ0) is 24.0. The Morgan fingerprint density at radius 2 is 1.85 bits per heavy atom. The van der Waals surface area contributed by atoms with Gasteiger partial charge in [0.2, 0.25) is 0 Å². The molecule has 0 bridgehead atoms. The second kappa shape index (κ2) is 8.51. The summed E-state index contributed by atoms with van der Waals surface area (Å²) in [6.07, 6.45) is 3.06. The fourth-order valence-corrected chi connectivity index (χ4v) is 4.74. The number of piperazine rings is 1. The first-order valence-corrected chi connectivity index (χ1v) is 11.8. The smallest absolute Gasteiger partial charge is 0.410 e. The van der Waals surface area contributed by atoms with Crippen LogP contribution in [0.5, 0.6) is 5.75 Å². The Morgan fingerprint density at radius 1 is 1.12 bits per heavy atom. The standard InChI is InChI=1S/C25H27ClN4O4/c1-25(2,3)34-24(32)30-10-8-29(9-11-30)23(31)20-13-15-12-16(26)14-19(21(15)33-20)17-4-6-27-22-18(17)5-7-28-22/h4-7,12,14,20H,8-11,13H2,1-3H3,(H,27,28). The molecule has 1 N–H and O–H groups in total. The summed E-state index contributed by atoms with van der Waals surface area (Å²) in [5, 5.41) is 1.56. The first-order valence-electron chi connectivity index (χ1n) is 11.4. The third-order valence-electron chi connectivity index (χ3n) is 6.06. The lowest BCUT2D eigenvalue weighted by molar-refractivity contribution is -0.139. The van der Waals surface area contributed by atoms with E-state index in [1.54, 1.807) is 16.0 Å². The van der Waals surface area contributed by atoms with Crippen molar-refractivity contribution in [2.24, 2.45) is 0 Å². The van der Waals surface area contributed by atoms with Crippen molar-refractivity contribution in [2.75, 3.05) is 26.2 Å². The first kappa shape index (κ1) is 22.5. The van der Waals surface area contributed by atoms with Crippen molar-refractivity contribution >= 4 is 34.6 Å². The minimum atomic E-state index is -0.621. The average Bonchev–Trinajstić information content (AvgIpc) is 3.44. The molecule has 2 amide bonds. The van der Waals surface area contributed by atoms with Gasteiger partial charge in [0.15, 0.2) is 6.10 Å². The van der Waals surface area contributed by atoms with Crippen molar-refractivity contribution in [3.63, 3.8) is 0 Å². The molecule has 5 rings (SSSR count). The quantitative estimate of drug-likeness (QED) is 0.589. The Hall–Kier alpha value is -3.26. The van der Waals surface area contributed by atoms with E-state index in [1.165, 1.54) is 0 Å². The third kappa shape index (κ3) is 4.30. The molecule has 1 saturated heterocycles. The maximum absolute atomic E-state index is 13.3. The van der Waals surface area contributed by atoms with Crippen molar-refractivity contribution in [2.45, 2.75) is 38.9 Å². The van der Waals surface area contributed by atoms with Crippen molar-refractivity contribution in [1.29, 1.82) is 0 Å². The molecule has 1 unspecified atom stereocenters. The van der Waals surface area contributed by atoms with Gasteiger partial charge in [-0.2, -0.15) is 0 Å². The number of aromatic nitrogens is 2. The lowest BCUT2D eigenvalue weighted by atomic mass is 9.99. The van der Waals surface area contributed by atoms with Crippen LogP contribution in [0.15, 0.2) is 36.7 Å². The molecule has 1 aromatic carbocycles. The largest absolute Gasteiger partial charge is 0.479 e. The maximum Gasteiger partial charge on any atom is 0.410 e. The molecule has 1 atom stereocenters. The Bertz CT molecular complexity index is 1260. The summed E-state index contributed by atoms with van der Waals surface area (Å²) < 4.78 is 11.7. The van der Waals surface area contributed by atoms with Crippen molar-refractivity contribution in [3.05, 3.63) is 47.2 Å². The van der Waals surface area contributed by atoms with Gasteiger partial charge in [-0.25, -0.2) is 9.78 Å². The zero-order valence-electron chi connectivity index (χ0n) is 19.4. The molecule has 4 heterocycles. The summed E-state index contributed by atoms with van der Waals surface area (Å²) in [6, 6.07) is 7.63. The summed E-state index contributed by atoms with van der Waals surface area (Å²) in [5.74, 6) is 0.604. The zero-order valence-corrected chi connectivity index (χ0v) is 20.2. The normalized spacial score (nSPS) is 18.1. The van der Waals surface area contributed by atoms with Gasteiger partial charge in [0, 0.05) is 66.5 Å². The molecule has 0 saturated carbocycles. The SMILES string of the molecule is CC(C)(C)OC(=O)N1CCN(C(=O)C2Cc3cc(Cl)cc(-c4ccnc5[nH]ccc45)c3O2)CC1. The maximum atomic E-state index is 13.3. The number of H-pyrrole nitrogens is 1. The molecule has 178 valence electrons. The lowest BCUT2D eigenvalue weighted by Gasteiger charge is -2.36. The topological polar surface area (TPSA) is 87.8 Å². The lowest BCUT2D eigenvalue weighted by Crippen LogP contribution is -2.54. The van der Waals surface area contributed by atoms with Gasteiger partial charge in [-0.05, 0) is 50.6 Å². The van der Waals surface area contributed by atoms with Crippen molar-refractivity contribution in [1.82, 2.24) is 19.8 Å². The molecule has 2 aliphatic rings. The van der Waals surface area contributed by atoms with Crippen LogP contribution in [0.2, 0.25) is 5.02 Å². The predicted molar refractivity (Wildman–Crippen MR) is 129 cm³/mol. The van der Waals surface area contributed by atoms with E-state index < -0.39 is 11.7 Å². The van der Waals surface area contributed by atoms with Crippen LogP contribution < -0.4 is 4.74 Å². The minimum absolute atomic E-state index is 0.0800. The van der Waals surface area contributed by atoms with E-state index in [1.807, 2.05) is 51.2 Å². The number of fused-ring (bicyclic) bond motifs is 2. The number of hydrogen-bond donors (Lipinski definition) is 1. The van der Waals surface area contributed by atoms with E-state index >= 15 is 0 Å². The van der Waals surface area contributed by atoms with Crippen LogP contribution in [-0.4, -0.2) is 69.7 Å². The number of pyridine rings is 1. The highest BCUT2D eigenvalue weighted by Crippen LogP contribution is 2.43. The molecule has 9 heteroatoms. The molecular weight excluding hydrogens is 456 g/mol. The highest BCUT2D eigenvalue weighted by Gasteiger charge is 2.36. The number of halogens is 1. The van der Waals surface area contributed by atoms with Gasteiger partial charge in [-0.15, -0.1) is 0 Å². The Labute approximate surface area is 202 Å². The number of carbonyl (C=O) groups is 2. The number of ether oxygens (including phenoxy) is 2. The van der Waals surface area contributed by atoms with Crippen molar-refractivity contribution < 1.29 is 19.1 Å². The van der Waals surface area contributed by atoms with Crippen LogP contribution in [0.3, 0.4) is 0 Å². The summed E-state index contributed by atoms with van der Waals surface area (Å²) in [4.78, 5) is 36.5. The molecule has 1 fully saturated rings. The molecule has 34 heavy (non-hydrogen) atoms. The van der Waals surface area contributed by atoms with Gasteiger partial charge in [0.25, 0.3) is 5.91 Å². The second-order valence-electron chi connectivity index (χ2n) is 9.64. The van der Waals surface area contributed by atoms with Gasteiger partial charge in [0.1, 0.15) is 17.0 Å². The minimum Gasteiger partial charge on any atom is -0.479 e. The van der Waals surface area contributed by atoms with Crippen molar-refractivity contribution in [3.8, 4) is 16.9 Å². The monoisotopic (exact) mass is 482 g/mol. The predicted octanol–water partition coefficient (Wildman–Crippen LogP) is 4.27. The van der Waals surface area contributed by atoms with Gasteiger partial charge < -0.3 is 24.3 Å². The Kier molecular flexibility index (Phi) is 5.64. The molecular formula is C25H27ClN4O4. The Balaban J connectivity index is 1.31. The molecule has 8 nitrogen and oxygen atoms in total. The molecule has 0 aliphatic carbocycles. The number of carbonyl (C=O) groups excluding carboxylic acids is 2. The van der Waals surface area contributed by atoms with Crippen LogP contribution in [0.25, 0.3) is 22.2 Å². The fraction of sp³-hybridized carbons (Fsp3) is 0.400. The van der Waals surface area contributed by atoms with E-state index in [2.05, 4.69) is 9.97 Å². The van der Waals surface area contributed by atoms with E-state index in [-0.39, 0.29) is 12.0 Å². The number of amides is 2. The van der Waals surface area contributed by atoms with Gasteiger partial charge >= 0.3 is 6.09 Å². The van der Waals surface area contributed by atoms with E-state index in [0.29, 0.717) is 43.4 Å². The molecule has 2 aromatic heterocycles. The van der Waals surface area contributed by atoms with Gasteiger partial charge in [-0.1, -0.05) is 11.6 Å². The van der Waals surface area contributed by atoms with E-state index in [0.717, 1.165) is 27.7 Å². The summed E-state index contributed by atoms with van der Waals surface area (Å²) in [6.45, 7) is 7.26. The summed E-state index contributed by atoms with van der Waals surface area (Å²) in [7, 11) is 0.